The van der Waals surface area contributed by atoms with Crippen molar-refractivity contribution >= 4 is 11.9 Å². The normalized spacial score (nSPS) is 7.67. The molecule has 0 rings (SSSR count). The van der Waals surface area contributed by atoms with E-state index in [4.69, 9.17) is 5.21 Å². The van der Waals surface area contributed by atoms with Crippen molar-refractivity contribution < 1.29 is 14.8 Å². The van der Waals surface area contributed by atoms with Crippen molar-refractivity contribution in [1.82, 2.24) is 10.8 Å². The summed E-state index contributed by atoms with van der Waals surface area (Å²) in [6.45, 7) is 3.07. The van der Waals surface area contributed by atoms with Crippen molar-refractivity contribution in [2.75, 3.05) is 0 Å². The lowest BCUT2D eigenvalue weighted by atomic mass is 10.6. The second kappa shape index (κ2) is 3.62. The standard InChI is InChI=1S/C4H6N2O3/c1-2-3(7)5-4(8)6-9/h2,9H,1H2,(H2,5,6,7,8). The van der Waals surface area contributed by atoms with Crippen LogP contribution in [0.2, 0.25) is 0 Å². The number of amides is 3. The van der Waals surface area contributed by atoms with Gasteiger partial charge in [-0.25, -0.2) is 10.3 Å². The number of carbonyl (C=O) groups is 2. The Morgan fingerprint density at radius 3 is 2.44 bits per heavy atom. The van der Waals surface area contributed by atoms with Crippen molar-refractivity contribution in [1.29, 1.82) is 0 Å². The maximum Gasteiger partial charge on any atom is 0.345 e. The molecule has 0 aliphatic heterocycles. The maximum atomic E-state index is 10.2. The zero-order chi connectivity index (χ0) is 7.28. The van der Waals surface area contributed by atoms with Crippen LogP contribution in [0.3, 0.4) is 0 Å². The van der Waals surface area contributed by atoms with Gasteiger partial charge in [0.2, 0.25) is 0 Å². The van der Waals surface area contributed by atoms with Gasteiger partial charge in [-0.05, 0) is 6.08 Å². The molecule has 0 spiro atoms. The van der Waals surface area contributed by atoms with Crippen LogP contribution in [0.25, 0.3) is 0 Å². The van der Waals surface area contributed by atoms with Gasteiger partial charge in [-0.2, -0.15) is 0 Å². The number of hydrogen-bond acceptors (Lipinski definition) is 3. The fourth-order valence-corrected chi connectivity index (χ4v) is 0.191. The zero-order valence-corrected chi connectivity index (χ0v) is 4.55. The third kappa shape index (κ3) is 3.24. The van der Waals surface area contributed by atoms with Crippen molar-refractivity contribution in [2.45, 2.75) is 0 Å². The average Bonchev–Trinajstić information content (AvgIpc) is 1.87. The highest BCUT2D eigenvalue weighted by Crippen LogP contribution is 1.65. The molecule has 5 heteroatoms. The van der Waals surface area contributed by atoms with Gasteiger partial charge in [-0.1, -0.05) is 6.58 Å². The Bertz CT molecular complexity index is 143. The van der Waals surface area contributed by atoms with Crippen LogP contribution in [0.4, 0.5) is 4.79 Å². The number of hydroxylamine groups is 1. The Morgan fingerprint density at radius 2 is 2.11 bits per heavy atom. The summed E-state index contributed by atoms with van der Waals surface area (Å²) in [6.07, 6.45) is 0.912. The molecule has 3 N–H and O–H groups in total. The number of carbonyl (C=O) groups excluding carboxylic acids is 2. The molecule has 0 heterocycles. The third-order valence-electron chi connectivity index (χ3n) is 0.524. The van der Waals surface area contributed by atoms with E-state index in [1.807, 2.05) is 0 Å². The molecule has 0 bridgehead atoms. The van der Waals surface area contributed by atoms with E-state index in [2.05, 4.69) is 6.58 Å². The second-order valence-electron chi connectivity index (χ2n) is 1.13. The van der Waals surface area contributed by atoms with Crippen molar-refractivity contribution in [2.24, 2.45) is 0 Å². The summed E-state index contributed by atoms with van der Waals surface area (Å²) in [5.74, 6) is -0.665. The predicted molar refractivity (Wildman–Crippen MR) is 28.7 cm³/mol. The molecule has 0 fully saturated rings. The fraction of sp³-hybridized carbons (Fsp3) is 0. The minimum Gasteiger partial charge on any atom is -0.287 e. The van der Waals surface area contributed by atoms with Crippen molar-refractivity contribution in [3.63, 3.8) is 0 Å². The minimum absolute atomic E-state index is 0.665. The molecule has 50 valence electrons. The van der Waals surface area contributed by atoms with Crippen LogP contribution in [-0.4, -0.2) is 17.1 Å². The molecule has 0 aliphatic rings. The molecule has 0 unspecified atom stereocenters. The highest BCUT2D eigenvalue weighted by atomic mass is 16.5. The second-order valence-corrected chi connectivity index (χ2v) is 1.13. The molecule has 0 aromatic rings. The molecule has 0 saturated carbocycles. The lowest BCUT2D eigenvalue weighted by molar-refractivity contribution is -0.115. The van der Waals surface area contributed by atoms with Gasteiger partial charge >= 0.3 is 6.03 Å². The molecule has 3 amide bonds. The van der Waals surface area contributed by atoms with Crippen LogP contribution in [0, 0.1) is 0 Å². The Balaban J connectivity index is 3.59. The van der Waals surface area contributed by atoms with E-state index in [0.29, 0.717) is 0 Å². The van der Waals surface area contributed by atoms with Gasteiger partial charge in [-0.3, -0.25) is 15.3 Å². The van der Waals surface area contributed by atoms with E-state index in [1.54, 1.807) is 5.32 Å². The summed E-state index contributed by atoms with van der Waals surface area (Å²) in [4.78, 5) is 20.2. The van der Waals surface area contributed by atoms with Crippen LogP contribution in [0.15, 0.2) is 12.7 Å². The van der Waals surface area contributed by atoms with Crippen molar-refractivity contribution in [3.8, 4) is 0 Å². The first-order chi connectivity index (χ1) is 4.20. The first-order valence-electron chi connectivity index (χ1n) is 2.08. The lowest BCUT2D eigenvalue weighted by Gasteiger charge is -1.94. The smallest absolute Gasteiger partial charge is 0.287 e. The first kappa shape index (κ1) is 7.64. The lowest BCUT2D eigenvalue weighted by Crippen LogP contribution is -2.36. The topological polar surface area (TPSA) is 78.4 Å². The summed E-state index contributed by atoms with van der Waals surface area (Å²) in [5.41, 5.74) is 1.21. The molecule has 0 radical (unpaired) electrons. The van der Waals surface area contributed by atoms with Gasteiger partial charge in [0.25, 0.3) is 5.91 Å². The quantitative estimate of drug-likeness (QED) is 0.251. The van der Waals surface area contributed by atoms with E-state index in [-0.39, 0.29) is 0 Å². The summed E-state index contributed by atoms with van der Waals surface area (Å²) in [5, 5.41) is 9.55. The molecule has 0 aliphatic carbocycles. The Labute approximate surface area is 51.3 Å². The highest BCUT2D eigenvalue weighted by Gasteiger charge is 1.99. The van der Waals surface area contributed by atoms with Gasteiger partial charge in [0.1, 0.15) is 0 Å². The summed E-state index contributed by atoms with van der Waals surface area (Å²) in [6, 6.07) is -0.972. The van der Waals surface area contributed by atoms with E-state index in [0.717, 1.165) is 6.08 Å². The largest absolute Gasteiger partial charge is 0.345 e. The average molecular weight is 130 g/mol. The third-order valence-corrected chi connectivity index (χ3v) is 0.524. The first-order valence-corrected chi connectivity index (χ1v) is 2.08. The van der Waals surface area contributed by atoms with Gasteiger partial charge in [0.15, 0.2) is 0 Å². The van der Waals surface area contributed by atoms with Gasteiger partial charge in [0.05, 0.1) is 0 Å². The van der Waals surface area contributed by atoms with E-state index < -0.39 is 11.9 Å². The van der Waals surface area contributed by atoms with Crippen LogP contribution < -0.4 is 10.8 Å². The van der Waals surface area contributed by atoms with Crippen LogP contribution in [0.1, 0.15) is 0 Å². The number of rotatable bonds is 1. The van der Waals surface area contributed by atoms with E-state index in [1.165, 1.54) is 5.48 Å². The molecule has 5 nitrogen and oxygen atoms in total. The van der Waals surface area contributed by atoms with Gasteiger partial charge in [0, 0.05) is 0 Å². The van der Waals surface area contributed by atoms with E-state index in [9.17, 15) is 9.59 Å². The van der Waals surface area contributed by atoms with Crippen LogP contribution in [-0.2, 0) is 4.79 Å². The Morgan fingerprint density at radius 1 is 1.56 bits per heavy atom. The Hall–Kier alpha value is -1.36. The highest BCUT2D eigenvalue weighted by molar-refractivity contribution is 5.99. The number of urea groups is 1. The maximum absolute atomic E-state index is 10.2. The number of hydrogen-bond donors (Lipinski definition) is 3. The Kier molecular flexibility index (Phi) is 3.07. The number of nitrogens with one attached hydrogen (secondary N) is 2. The minimum atomic E-state index is -0.972. The van der Waals surface area contributed by atoms with Crippen LogP contribution in [0.5, 0.6) is 0 Å². The zero-order valence-electron chi connectivity index (χ0n) is 4.55. The fourth-order valence-electron chi connectivity index (χ4n) is 0.191. The summed E-state index contributed by atoms with van der Waals surface area (Å²) in [7, 11) is 0. The molecular formula is C4H6N2O3. The monoisotopic (exact) mass is 130 g/mol. The molecule has 0 aromatic heterocycles. The van der Waals surface area contributed by atoms with Gasteiger partial charge < -0.3 is 0 Å². The molecule has 0 aromatic carbocycles. The van der Waals surface area contributed by atoms with Crippen LogP contribution >= 0.6 is 0 Å². The molecular weight excluding hydrogens is 124 g/mol. The van der Waals surface area contributed by atoms with Crippen molar-refractivity contribution in [3.05, 3.63) is 12.7 Å². The molecule has 9 heavy (non-hydrogen) atoms. The van der Waals surface area contributed by atoms with E-state index >= 15 is 0 Å². The SMILES string of the molecule is C=CC(=O)NC(=O)NO. The predicted octanol–water partition coefficient (Wildman–Crippen LogP) is -0.613. The number of imide groups is 1. The molecule has 0 atom stereocenters. The molecule has 0 saturated heterocycles. The summed E-state index contributed by atoms with van der Waals surface area (Å²) >= 11 is 0. The van der Waals surface area contributed by atoms with Gasteiger partial charge in [-0.15, -0.1) is 0 Å². The summed E-state index contributed by atoms with van der Waals surface area (Å²) < 4.78 is 0.